The number of nitrogens with zero attached hydrogens (tertiary/aromatic N) is 1. The molecule has 0 saturated heterocycles. The highest BCUT2D eigenvalue weighted by Gasteiger charge is 2.34. The topological polar surface area (TPSA) is 38.5 Å². The Kier molecular flexibility index (Phi) is 4.51. The zero-order valence-corrected chi connectivity index (χ0v) is 13.3. The molecule has 3 heteroatoms. The van der Waals surface area contributed by atoms with Gasteiger partial charge in [0.25, 0.3) is 0 Å². The molecule has 1 aliphatic heterocycles. The second kappa shape index (κ2) is 6.37. The van der Waals surface area contributed by atoms with E-state index in [1.54, 1.807) is 0 Å². The number of rotatable bonds is 7. The minimum Gasteiger partial charge on any atom is -0.493 e. The Balaban J connectivity index is 1.78. The molecular weight excluding hydrogens is 260 g/mol. The first kappa shape index (κ1) is 14.9. The standard InChI is InChI=1S/C18H28N2O/c1-13(2)7-9-20(16-4-5-16)17(12-19)14-3-6-18-15(11-14)8-10-21-18/h3,6,11,13,16-17H,4-5,7-10,12,19H2,1-2H3. The molecule has 1 aromatic rings. The smallest absolute Gasteiger partial charge is 0.122 e. The van der Waals surface area contributed by atoms with Crippen molar-refractivity contribution in [3.8, 4) is 5.75 Å². The summed E-state index contributed by atoms with van der Waals surface area (Å²) >= 11 is 0. The minimum atomic E-state index is 0.363. The van der Waals surface area contributed by atoms with Gasteiger partial charge in [-0.25, -0.2) is 0 Å². The highest BCUT2D eigenvalue weighted by molar-refractivity contribution is 5.41. The van der Waals surface area contributed by atoms with E-state index >= 15 is 0 Å². The summed E-state index contributed by atoms with van der Waals surface area (Å²) in [6, 6.07) is 7.79. The van der Waals surface area contributed by atoms with E-state index in [9.17, 15) is 0 Å². The van der Waals surface area contributed by atoms with Gasteiger partial charge in [-0.2, -0.15) is 0 Å². The van der Waals surface area contributed by atoms with Crippen molar-refractivity contribution in [2.24, 2.45) is 11.7 Å². The molecule has 21 heavy (non-hydrogen) atoms. The van der Waals surface area contributed by atoms with Gasteiger partial charge in [-0.15, -0.1) is 0 Å². The lowest BCUT2D eigenvalue weighted by molar-refractivity contribution is 0.180. The number of benzene rings is 1. The SMILES string of the molecule is CC(C)CCN(C1CC1)C(CN)c1ccc2c(c1)CCO2. The highest BCUT2D eigenvalue weighted by Crippen LogP contribution is 2.36. The Hall–Kier alpha value is -1.06. The monoisotopic (exact) mass is 288 g/mol. The average Bonchev–Trinajstić information content (AvgIpc) is 3.20. The van der Waals surface area contributed by atoms with Crippen molar-refractivity contribution in [2.45, 2.75) is 51.6 Å². The maximum Gasteiger partial charge on any atom is 0.122 e. The third-order valence-corrected chi connectivity index (χ3v) is 4.70. The Morgan fingerprint density at radius 2 is 2.14 bits per heavy atom. The molecule has 1 aliphatic carbocycles. The van der Waals surface area contributed by atoms with Gasteiger partial charge in [0.05, 0.1) is 6.61 Å². The van der Waals surface area contributed by atoms with E-state index in [2.05, 4.69) is 36.9 Å². The number of hydrogen-bond acceptors (Lipinski definition) is 3. The molecule has 0 bridgehead atoms. The van der Waals surface area contributed by atoms with Crippen LogP contribution in [0.25, 0.3) is 0 Å². The van der Waals surface area contributed by atoms with E-state index < -0.39 is 0 Å². The zero-order chi connectivity index (χ0) is 14.8. The zero-order valence-electron chi connectivity index (χ0n) is 13.3. The van der Waals surface area contributed by atoms with E-state index in [4.69, 9.17) is 10.5 Å². The van der Waals surface area contributed by atoms with Gasteiger partial charge >= 0.3 is 0 Å². The molecular formula is C18H28N2O. The van der Waals surface area contributed by atoms with Crippen molar-refractivity contribution in [1.29, 1.82) is 0 Å². The summed E-state index contributed by atoms with van der Waals surface area (Å²) in [6.45, 7) is 7.29. The molecule has 1 saturated carbocycles. The molecule has 0 amide bonds. The fourth-order valence-corrected chi connectivity index (χ4v) is 3.28. The summed E-state index contributed by atoms with van der Waals surface area (Å²) in [4.78, 5) is 2.65. The molecule has 1 atom stereocenters. The van der Waals surface area contributed by atoms with Crippen molar-refractivity contribution < 1.29 is 4.74 Å². The largest absolute Gasteiger partial charge is 0.493 e. The molecule has 2 aliphatic rings. The fraction of sp³-hybridized carbons (Fsp3) is 0.667. The van der Waals surface area contributed by atoms with Crippen molar-refractivity contribution in [2.75, 3.05) is 19.7 Å². The van der Waals surface area contributed by atoms with Crippen LogP contribution in [0.2, 0.25) is 0 Å². The van der Waals surface area contributed by atoms with Crippen LogP contribution in [-0.2, 0) is 6.42 Å². The van der Waals surface area contributed by atoms with Crippen LogP contribution in [-0.4, -0.2) is 30.6 Å². The van der Waals surface area contributed by atoms with Gasteiger partial charge in [0.2, 0.25) is 0 Å². The maximum absolute atomic E-state index is 6.15. The molecule has 0 radical (unpaired) electrons. The highest BCUT2D eigenvalue weighted by atomic mass is 16.5. The van der Waals surface area contributed by atoms with Crippen LogP contribution in [0.5, 0.6) is 5.75 Å². The van der Waals surface area contributed by atoms with Crippen LogP contribution in [0.3, 0.4) is 0 Å². The first-order valence-electron chi connectivity index (χ1n) is 8.40. The van der Waals surface area contributed by atoms with Gasteiger partial charge < -0.3 is 10.5 Å². The predicted octanol–water partition coefficient (Wildman–Crippen LogP) is 3.13. The Labute approximate surface area is 128 Å². The molecule has 116 valence electrons. The summed E-state index contributed by atoms with van der Waals surface area (Å²) in [7, 11) is 0. The van der Waals surface area contributed by atoms with Gasteiger partial charge in [0.15, 0.2) is 0 Å². The van der Waals surface area contributed by atoms with E-state index in [0.717, 1.165) is 37.3 Å². The molecule has 1 heterocycles. The van der Waals surface area contributed by atoms with Crippen LogP contribution < -0.4 is 10.5 Å². The summed E-state index contributed by atoms with van der Waals surface area (Å²) in [5.41, 5.74) is 8.87. The summed E-state index contributed by atoms with van der Waals surface area (Å²) < 4.78 is 5.62. The molecule has 0 spiro atoms. The second-order valence-electron chi connectivity index (χ2n) is 6.87. The molecule has 3 nitrogen and oxygen atoms in total. The van der Waals surface area contributed by atoms with Crippen molar-refractivity contribution in [1.82, 2.24) is 4.90 Å². The van der Waals surface area contributed by atoms with Crippen LogP contribution in [0.1, 0.15) is 50.3 Å². The second-order valence-corrected chi connectivity index (χ2v) is 6.87. The van der Waals surface area contributed by atoms with Crippen molar-refractivity contribution >= 4 is 0 Å². The number of hydrogen-bond donors (Lipinski definition) is 1. The molecule has 3 rings (SSSR count). The summed E-state index contributed by atoms with van der Waals surface area (Å²) in [5, 5.41) is 0. The minimum absolute atomic E-state index is 0.363. The molecule has 1 aromatic carbocycles. The van der Waals surface area contributed by atoms with Gasteiger partial charge in [0, 0.05) is 25.0 Å². The normalized spacial score (nSPS) is 18.9. The average molecular weight is 288 g/mol. The lowest BCUT2D eigenvalue weighted by Gasteiger charge is -2.32. The van der Waals surface area contributed by atoms with E-state index in [-0.39, 0.29) is 0 Å². The molecule has 2 N–H and O–H groups in total. The van der Waals surface area contributed by atoms with Gasteiger partial charge in [-0.05, 0) is 48.9 Å². The van der Waals surface area contributed by atoms with Gasteiger partial charge in [-0.3, -0.25) is 4.90 Å². The molecule has 0 aromatic heterocycles. The lowest BCUT2D eigenvalue weighted by atomic mass is 10.00. The quantitative estimate of drug-likeness (QED) is 0.837. The van der Waals surface area contributed by atoms with Crippen LogP contribution in [0.4, 0.5) is 0 Å². The van der Waals surface area contributed by atoms with Crippen LogP contribution >= 0.6 is 0 Å². The lowest BCUT2D eigenvalue weighted by Crippen LogP contribution is -2.36. The van der Waals surface area contributed by atoms with Crippen LogP contribution in [0.15, 0.2) is 18.2 Å². The first-order valence-corrected chi connectivity index (χ1v) is 8.40. The number of nitrogens with two attached hydrogens (primary N) is 1. The first-order chi connectivity index (χ1) is 10.2. The van der Waals surface area contributed by atoms with Gasteiger partial charge in [0.1, 0.15) is 5.75 Å². The Morgan fingerprint density at radius 3 is 2.81 bits per heavy atom. The predicted molar refractivity (Wildman–Crippen MR) is 86.6 cm³/mol. The number of ether oxygens (including phenoxy) is 1. The molecule has 1 unspecified atom stereocenters. The van der Waals surface area contributed by atoms with Crippen molar-refractivity contribution in [3.05, 3.63) is 29.3 Å². The van der Waals surface area contributed by atoms with E-state index in [1.165, 1.54) is 30.4 Å². The Bertz CT molecular complexity index is 482. The third-order valence-electron chi connectivity index (χ3n) is 4.70. The number of fused-ring (bicyclic) bond motifs is 1. The fourth-order valence-electron chi connectivity index (χ4n) is 3.28. The molecule has 1 fully saturated rings. The van der Waals surface area contributed by atoms with E-state index in [1.807, 2.05) is 0 Å². The maximum atomic E-state index is 6.15. The summed E-state index contributed by atoms with van der Waals surface area (Å²) in [5.74, 6) is 1.81. The van der Waals surface area contributed by atoms with Crippen molar-refractivity contribution in [3.63, 3.8) is 0 Å². The Morgan fingerprint density at radius 1 is 1.33 bits per heavy atom. The van der Waals surface area contributed by atoms with Crippen LogP contribution in [0, 0.1) is 5.92 Å². The van der Waals surface area contributed by atoms with E-state index in [0.29, 0.717) is 12.6 Å². The third kappa shape index (κ3) is 3.41. The summed E-state index contributed by atoms with van der Waals surface area (Å²) in [6.07, 6.45) is 4.96. The van der Waals surface area contributed by atoms with Gasteiger partial charge in [-0.1, -0.05) is 26.0 Å².